The molecule has 0 amide bonds. The molecule has 0 bridgehead atoms. The van der Waals surface area contributed by atoms with Gasteiger partial charge in [0.25, 0.3) is 5.69 Å². The fourth-order valence-electron chi connectivity index (χ4n) is 1.63. The predicted octanol–water partition coefficient (Wildman–Crippen LogP) is 2.63. The second-order valence-corrected chi connectivity index (χ2v) is 4.60. The van der Waals surface area contributed by atoms with Gasteiger partial charge in [-0.1, -0.05) is 6.92 Å². The van der Waals surface area contributed by atoms with Crippen molar-refractivity contribution in [2.45, 2.75) is 26.2 Å². The highest BCUT2D eigenvalue weighted by molar-refractivity contribution is 5.54. The largest absolute Gasteiger partial charge is 0.370 e. The second-order valence-electron chi connectivity index (χ2n) is 4.60. The van der Waals surface area contributed by atoms with Crippen LogP contribution in [0.3, 0.4) is 0 Å². The normalized spacial score (nSPS) is 14.3. The Bertz CT molecular complexity index is 432. The molecule has 1 fully saturated rings. The molecular formula is C12H18N4O2. The van der Waals surface area contributed by atoms with E-state index >= 15 is 0 Å². The minimum atomic E-state index is -0.388. The summed E-state index contributed by atoms with van der Waals surface area (Å²) in [6, 6.07) is 2.96. The zero-order valence-electron chi connectivity index (χ0n) is 10.5. The number of anilines is 2. The third-order valence-electron chi connectivity index (χ3n) is 2.85. The minimum absolute atomic E-state index is 0.0712. The molecule has 0 spiro atoms. The molecule has 6 nitrogen and oxygen atoms in total. The van der Waals surface area contributed by atoms with Gasteiger partial charge < -0.3 is 10.6 Å². The summed E-state index contributed by atoms with van der Waals surface area (Å²) in [6.45, 7) is 3.65. The standard InChI is InChI=1S/C12H18N4O2/c1-2-5-13-11-6-10(16(17)18)7-12(15-11)14-8-9-3-4-9/h6-7,9H,2-5,8H2,1H3,(H2,13,14,15). The number of pyridine rings is 1. The second kappa shape index (κ2) is 5.66. The van der Waals surface area contributed by atoms with Crippen LogP contribution in [-0.2, 0) is 0 Å². The van der Waals surface area contributed by atoms with Crippen molar-refractivity contribution in [2.75, 3.05) is 23.7 Å². The monoisotopic (exact) mass is 250 g/mol. The third kappa shape index (κ3) is 3.58. The smallest absolute Gasteiger partial charge is 0.276 e. The summed E-state index contributed by atoms with van der Waals surface area (Å²) in [6.07, 6.45) is 3.43. The molecule has 1 aromatic heterocycles. The number of nitrogens with one attached hydrogen (secondary N) is 2. The molecule has 6 heteroatoms. The Morgan fingerprint density at radius 1 is 1.39 bits per heavy atom. The van der Waals surface area contributed by atoms with Crippen LogP contribution in [0.15, 0.2) is 12.1 Å². The van der Waals surface area contributed by atoms with Crippen molar-refractivity contribution in [3.8, 4) is 0 Å². The van der Waals surface area contributed by atoms with Gasteiger partial charge in [0, 0.05) is 13.1 Å². The average molecular weight is 250 g/mol. The molecule has 1 saturated carbocycles. The first kappa shape index (κ1) is 12.6. The minimum Gasteiger partial charge on any atom is -0.370 e. The first-order chi connectivity index (χ1) is 8.69. The molecule has 2 N–H and O–H groups in total. The lowest BCUT2D eigenvalue weighted by atomic mass is 10.3. The Hall–Kier alpha value is -1.85. The van der Waals surface area contributed by atoms with E-state index in [9.17, 15) is 10.1 Å². The van der Waals surface area contributed by atoms with Crippen molar-refractivity contribution in [3.63, 3.8) is 0 Å². The lowest BCUT2D eigenvalue weighted by Gasteiger charge is -2.08. The van der Waals surface area contributed by atoms with Crippen LogP contribution in [0.5, 0.6) is 0 Å². The van der Waals surface area contributed by atoms with Crippen molar-refractivity contribution in [1.29, 1.82) is 0 Å². The summed E-state index contributed by atoms with van der Waals surface area (Å²) in [5.41, 5.74) is 0.0712. The highest BCUT2D eigenvalue weighted by atomic mass is 16.6. The molecule has 2 rings (SSSR count). The maximum atomic E-state index is 10.9. The van der Waals surface area contributed by atoms with E-state index in [-0.39, 0.29) is 10.6 Å². The van der Waals surface area contributed by atoms with Gasteiger partial charge in [0.05, 0.1) is 17.1 Å². The van der Waals surface area contributed by atoms with Crippen LogP contribution in [0.4, 0.5) is 17.3 Å². The third-order valence-corrected chi connectivity index (χ3v) is 2.85. The van der Waals surface area contributed by atoms with Crippen molar-refractivity contribution >= 4 is 17.3 Å². The fraction of sp³-hybridized carbons (Fsp3) is 0.583. The van der Waals surface area contributed by atoms with Crippen LogP contribution in [0.1, 0.15) is 26.2 Å². The Balaban J connectivity index is 2.09. The van der Waals surface area contributed by atoms with Crippen LogP contribution >= 0.6 is 0 Å². The molecular weight excluding hydrogens is 232 g/mol. The number of rotatable bonds is 7. The fourth-order valence-corrected chi connectivity index (χ4v) is 1.63. The number of nitro groups is 1. The molecule has 0 aliphatic heterocycles. The molecule has 98 valence electrons. The molecule has 0 unspecified atom stereocenters. The summed E-state index contributed by atoms with van der Waals surface area (Å²) in [5, 5.41) is 17.1. The van der Waals surface area contributed by atoms with Crippen LogP contribution in [0.25, 0.3) is 0 Å². The van der Waals surface area contributed by atoms with Crippen molar-refractivity contribution in [3.05, 3.63) is 22.2 Å². The number of hydrogen-bond donors (Lipinski definition) is 2. The van der Waals surface area contributed by atoms with Gasteiger partial charge in [0.1, 0.15) is 11.6 Å². The summed E-state index contributed by atoms with van der Waals surface area (Å²) >= 11 is 0. The Morgan fingerprint density at radius 3 is 2.61 bits per heavy atom. The first-order valence-electron chi connectivity index (χ1n) is 6.33. The molecule has 18 heavy (non-hydrogen) atoms. The molecule has 0 atom stereocenters. The summed E-state index contributed by atoms with van der Waals surface area (Å²) in [4.78, 5) is 14.8. The van der Waals surface area contributed by atoms with Gasteiger partial charge in [-0.15, -0.1) is 0 Å². The van der Waals surface area contributed by atoms with E-state index in [1.807, 2.05) is 6.92 Å². The Morgan fingerprint density at radius 2 is 2.06 bits per heavy atom. The molecule has 0 radical (unpaired) electrons. The molecule has 0 saturated heterocycles. The van der Waals surface area contributed by atoms with Gasteiger partial charge in [-0.05, 0) is 25.2 Å². The van der Waals surface area contributed by atoms with Crippen molar-refractivity contribution in [1.82, 2.24) is 4.98 Å². The Labute approximate surface area is 106 Å². The van der Waals surface area contributed by atoms with E-state index in [2.05, 4.69) is 15.6 Å². The molecule has 1 aliphatic carbocycles. The maximum Gasteiger partial charge on any atom is 0.276 e. The molecule has 1 aromatic rings. The summed E-state index contributed by atoms with van der Waals surface area (Å²) in [5.74, 6) is 1.84. The summed E-state index contributed by atoms with van der Waals surface area (Å²) in [7, 11) is 0. The van der Waals surface area contributed by atoms with Crippen LogP contribution in [0, 0.1) is 16.0 Å². The Kier molecular flexibility index (Phi) is 3.96. The number of aromatic nitrogens is 1. The van der Waals surface area contributed by atoms with E-state index in [1.54, 1.807) is 0 Å². The molecule has 1 aliphatic rings. The van der Waals surface area contributed by atoms with Gasteiger partial charge in [0.15, 0.2) is 0 Å². The maximum absolute atomic E-state index is 10.9. The lowest BCUT2D eigenvalue weighted by Crippen LogP contribution is -2.08. The quantitative estimate of drug-likeness (QED) is 0.574. The predicted molar refractivity (Wildman–Crippen MR) is 70.9 cm³/mol. The van der Waals surface area contributed by atoms with Gasteiger partial charge in [0.2, 0.25) is 0 Å². The SMILES string of the molecule is CCCNc1cc([N+](=O)[O-])cc(NCC2CC2)n1. The zero-order valence-corrected chi connectivity index (χ0v) is 10.5. The van der Waals surface area contributed by atoms with Gasteiger partial charge in [-0.2, -0.15) is 0 Å². The van der Waals surface area contributed by atoms with Gasteiger partial charge in [-0.3, -0.25) is 10.1 Å². The van der Waals surface area contributed by atoms with Crippen LogP contribution < -0.4 is 10.6 Å². The van der Waals surface area contributed by atoms with E-state index in [0.717, 1.165) is 19.5 Å². The van der Waals surface area contributed by atoms with E-state index in [0.29, 0.717) is 17.6 Å². The first-order valence-corrected chi connectivity index (χ1v) is 6.33. The molecule has 1 heterocycles. The lowest BCUT2D eigenvalue weighted by molar-refractivity contribution is -0.384. The zero-order chi connectivity index (χ0) is 13.0. The van der Waals surface area contributed by atoms with Gasteiger partial charge in [-0.25, -0.2) is 4.98 Å². The van der Waals surface area contributed by atoms with Crippen molar-refractivity contribution < 1.29 is 4.92 Å². The number of hydrogen-bond acceptors (Lipinski definition) is 5. The topological polar surface area (TPSA) is 80.1 Å². The highest BCUT2D eigenvalue weighted by Crippen LogP contribution is 2.29. The summed E-state index contributed by atoms with van der Waals surface area (Å²) < 4.78 is 0. The van der Waals surface area contributed by atoms with Crippen molar-refractivity contribution in [2.24, 2.45) is 5.92 Å². The van der Waals surface area contributed by atoms with E-state index < -0.39 is 0 Å². The van der Waals surface area contributed by atoms with Gasteiger partial charge >= 0.3 is 0 Å². The number of nitrogens with zero attached hydrogens (tertiary/aromatic N) is 2. The van der Waals surface area contributed by atoms with Crippen LogP contribution in [-0.4, -0.2) is 23.0 Å². The van der Waals surface area contributed by atoms with E-state index in [1.165, 1.54) is 25.0 Å². The van der Waals surface area contributed by atoms with Crippen LogP contribution in [0.2, 0.25) is 0 Å². The average Bonchev–Trinajstić information content (AvgIpc) is 3.17. The highest BCUT2D eigenvalue weighted by Gasteiger charge is 2.21. The van der Waals surface area contributed by atoms with E-state index in [4.69, 9.17) is 0 Å². The molecule has 0 aromatic carbocycles.